The molecule has 4 N–H and O–H groups in total. The van der Waals surface area contributed by atoms with Crippen LogP contribution < -0.4 is 25.5 Å². The summed E-state index contributed by atoms with van der Waals surface area (Å²) in [5.41, 5.74) is 5.17. The van der Waals surface area contributed by atoms with Gasteiger partial charge in [-0.15, -0.1) is 0 Å². The molecule has 0 spiro atoms. The van der Waals surface area contributed by atoms with Crippen LogP contribution in [0.1, 0.15) is 12.5 Å². The molecule has 0 radical (unpaired) electrons. The number of carboxylic acids is 1. The highest BCUT2D eigenvalue weighted by atomic mass is 16.5. The molecule has 0 unspecified atom stereocenters. The van der Waals surface area contributed by atoms with E-state index in [0.29, 0.717) is 35.6 Å². The molecule has 0 atom stereocenters. The second kappa shape index (κ2) is 12.5. The lowest BCUT2D eigenvalue weighted by atomic mass is 10.2. The average molecular weight is 500 g/mol. The highest BCUT2D eigenvalue weighted by Crippen LogP contribution is 2.28. The third-order valence-electron chi connectivity index (χ3n) is 4.69. The maximum Gasteiger partial charge on any atom is 0.341 e. The summed E-state index contributed by atoms with van der Waals surface area (Å²) in [4.78, 5) is 24.1. The van der Waals surface area contributed by atoms with E-state index >= 15 is 0 Å². The van der Waals surface area contributed by atoms with Crippen molar-refractivity contribution in [3.8, 4) is 11.5 Å². The van der Waals surface area contributed by atoms with E-state index in [9.17, 15) is 4.79 Å². The van der Waals surface area contributed by atoms with Crippen LogP contribution in [0.2, 0.25) is 0 Å². The Balaban J connectivity index is 1.53. The number of rotatable bonds is 12. The minimum absolute atomic E-state index is 0.217. The number of ether oxygens (including phenoxy) is 2. The number of carbonyl (C=O) groups is 1. The van der Waals surface area contributed by atoms with Crippen molar-refractivity contribution in [1.82, 2.24) is 15.0 Å². The number of para-hydroxylation sites is 2. The molecule has 0 bridgehead atoms. The highest BCUT2D eigenvalue weighted by molar-refractivity contribution is 5.81. The van der Waals surface area contributed by atoms with Crippen LogP contribution in [0.25, 0.3) is 0 Å². The van der Waals surface area contributed by atoms with Gasteiger partial charge in [0.2, 0.25) is 17.8 Å². The van der Waals surface area contributed by atoms with Crippen molar-refractivity contribution in [2.45, 2.75) is 6.92 Å². The van der Waals surface area contributed by atoms with Crippen LogP contribution >= 0.6 is 0 Å². The molecule has 0 saturated carbocycles. The van der Waals surface area contributed by atoms with E-state index in [1.165, 1.54) is 0 Å². The van der Waals surface area contributed by atoms with Crippen LogP contribution in [0.5, 0.6) is 11.5 Å². The third-order valence-corrected chi connectivity index (χ3v) is 4.69. The Morgan fingerprint density at radius 3 is 2.00 bits per heavy atom. The van der Waals surface area contributed by atoms with Crippen molar-refractivity contribution in [3.63, 3.8) is 0 Å². The number of aliphatic carboxylic acids is 1. The molecular weight excluding hydrogens is 474 g/mol. The summed E-state index contributed by atoms with van der Waals surface area (Å²) in [7, 11) is 0. The number of benzene rings is 3. The number of nitrogens with one attached hydrogen (secondary N) is 3. The van der Waals surface area contributed by atoms with Gasteiger partial charge in [0.1, 0.15) is 0 Å². The molecule has 0 aliphatic carbocycles. The zero-order valence-corrected chi connectivity index (χ0v) is 20.0. The van der Waals surface area contributed by atoms with Gasteiger partial charge in [-0.05, 0) is 55.0 Å². The van der Waals surface area contributed by atoms with E-state index in [4.69, 9.17) is 14.6 Å². The lowest BCUT2D eigenvalue weighted by molar-refractivity contribution is -0.139. The van der Waals surface area contributed by atoms with Gasteiger partial charge in [0.25, 0.3) is 0 Å². The van der Waals surface area contributed by atoms with E-state index in [2.05, 4.69) is 36.1 Å². The summed E-state index contributed by atoms with van der Waals surface area (Å²) in [6.07, 6.45) is 1.56. The van der Waals surface area contributed by atoms with E-state index in [1.807, 2.05) is 67.6 Å². The fraction of sp³-hybridized carbons (Fsp3) is 0.115. The standard InChI is InChI=1S/C26H25N7O4/c1-2-36-22-15-18(13-14-21(22)37-17-23(34)35)16-27-33-26-31-24(28-19-9-5-3-6-10-19)30-25(32-26)29-20-11-7-4-8-12-20/h3-16H,2,17H2,1H3,(H,34,35)(H3,28,29,30,31,32,33). The first kappa shape index (κ1) is 24.9. The van der Waals surface area contributed by atoms with Gasteiger partial charge in [0, 0.05) is 11.4 Å². The molecule has 4 rings (SSSR count). The van der Waals surface area contributed by atoms with Crippen LogP contribution in [-0.2, 0) is 4.79 Å². The second-order valence-electron chi connectivity index (χ2n) is 7.48. The maximum atomic E-state index is 10.8. The molecule has 0 amide bonds. The van der Waals surface area contributed by atoms with E-state index in [0.717, 1.165) is 11.4 Å². The Kier molecular flexibility index (Phi) is 8.42. The number of nitrogens with zero attached hydrogens (tertiary/aromatic N) is 4. The van der Waals surface area contributed by atoms with Gasteiger partial charge in [-0.1, -0.05) is 36.4 Å². The number of hydrogen-bond acceptors (Lipinski definition) is 10. The first-order chi connectivity index (χ1) is 18.1. The quantitative estimate of drug-likeness (QED) is 0.160. The second-order valence-corrected chi connectivity index (χ2v) is 7.48. The molecule has 0 aliphatic rings. The monoisotopic (exact) mass is 499 g/mol. The Morgan fingerprint density at radius 1 is 0.838 bits per heavy atom. The zero-order valence-electron chi connectivity index (χ0n) is 20.0. The summed E-state index contributed by atoms with van der Waals surface area (Å²) < 4.78 is 10.8. The topological polar surface area (TPSA) is 143 Å². The predicted molar refractivity (Wildman–Crippen MR) is 141 cm³/mol. The SMILES string of the molecule is CCOc1cc(C=NNc2nc(Nc3ccccc3)nc(Nc3ccccc3)n2)ccc1OCC(=O)O. The Bertz CT molecular complexity index is 1290. The van der Waals surface area contributed by atoms with Gasteiger partial charge in [-0.3, -0.25) is 0 Å². The summed E-state index contributed by atoms with van der Waals surface area (Å²) in [6, 6.07) is 24.1. The number of hydrazone groups is 1. The van der Waals surface area contributed by atoms with Crippen LogP contribution in [0.15, 0.2) is 84.0 Å². The molecule has 3 aromatic carbocycles. The fourth-order valence-corrected chi connectivity index (χ4v) is 3.14. The third kappa shape index (κ3) is 7.65. The predicted octanol–water partition coefficient (Wildman–Crippen LogP) is 4.67. The largest absolute Gasteiger partial charge is 0.490 e. The molecule has 0 saturated heterocycles. The first-order valence-electron chi connectivity index (χ1n) is 11.4. The van der Waals surface area contributed by atoms with Crippen molar-refractivity contribution in [2.24, 2.45) is 5.10 Å². The zero-order chi connectivity index (χ0) is 25.9. The number of carboxylic acid groups (broad SMARTS) is 1. The lowest BCUT2D eigenvalue weighted by Gasteiger charge is -2.11. The molecule has 1 heterocycles. The minimum Gasteiger partial charge on any atom is -0.490 e. The van der Waals surface area contributed by atoms with Crippen molar-refractivity contribution >= 4 is 41.4 Å². The Morgan fingerprint density at radius 2 is 1.43 bits per heavy atom. The molecular formula is C26H25N7O4. The fourth-order valence-electron chi connectivity index (χ4n) is 3.14. The van der Waals surface area contributed by atoms with Gasteiger partial charge in [-0.2, -0.15) is 20.1 Å². The van der Waals surface area contributed by atoms with E-state index in [-0.39, 0.29) is 5.95 Å². The molecule has 4 aromatic rings. The summed E-state index contributed by atoms with van der Waals surface area (Å²) >= 11 is 0. The summed E-state index contributed by atoms with van der Waals surface area (Å²) in [5, 5.41) is 19.4. The smallest absolute Gasteiger partial charge is 0.341 e. The maximum absolute atomic E-state index is 10.8. The Labute approximate surface area is 213 Å². The molecule has 188 valence electrons. The average Bonchev–Trinajstić information content (AvgIpc) is 2.89. The van der Waals surface area contributed by atoms with Gasteiger partial charge in [0.05, 0.1) is 12.8 Å². The van der Waals surface area contributed by atoms with Crippen molar-refractivity contribution in [1.29, 1.82) is 0 Å². The molecule has 0 aliphatic heterocycles. The van der Waals surface area contributed by atoms with Gasteiger partial charge < -0.3 is 25.2 Å². The van der Waals surface area contributed by atoms with E-state index in [1.54, 1.807) is 24.4 Å². The van der Waals surface area contributed by atoms with Gasteiger partial charge >= 0.3 is 5.97 Å². The number of hydrogen-bond donors (Lipinski definition) is 4. The normalized spacial score (nSPS) is 10.6. The molecule has 0 fully saturated rings. The number of anilines is 5. The molecule has 11 heteroatoms. The first-order valence-corrected chi connectivity index (χ1v) is 11.4. The van der Waals surface area contributed by atoms with Gasteiger partial charge in [-0.25, -0.2) is 10.2 Å². The van der Waals surface area contributed by atoms with Crippen LogP contribution in [-0.4, -0.2) is 45.5 Å². The summed E-state index contributed by atoms with van der Waals surface area (Å²) in [6.45, 7) is 1.75. The molecule has 11 nitrogen and oxygen atoms in total. The number of aromatic nitrogens is 3. The highest BCUT2D eigenvalue weighted by Gasteiger charge is 2.09. The van der Waals surface area contributed by atoms with Crippen molar-refractivity contribution in [2.75, 3.05) is 29.3 Å². The summed E-state index contributed by atoms with van der Waals surface area (Å²) in [5.74, 6) is 0.551. The van der Waals surface area contributed by atoms with Crippen LogP contribution in [0.3, 0.4) is 0 Å². The molecule has 37 heavy (non-hydrogen) atoms. The molecule has 1 aromatic heterocycles. The van der Waals surface area contributed by atoms with E-state index < -0.39 is 12.6 Å². The van der Waals surface area contributed by atoms with Gasteiger partial charge in [0.15, 0.2) is 18.1 Å². The van der Waals surface area contributed by atoms with Crippen molar-refractivity contribution < 1.29 is 19.4 Å². The minimum atomic E-state index is -1.07. The van der Waals surface area contributed by atoms with Crippen LogP contribution in [0, 0.1) is 0 Å². The lowest BCUT2D eigenvalue weighted by Crippen LogP contribution is -2.10. The van der Waals surface area contributed by atoms with Crippen molar-refractivity contribution in [3.05, 3.63) is 84.4 Å². The Hall–Kier alpha value is -5.19. The van der Waals surface area contributed by atoms with Crippen LogP contribution in [0.4, 0.5) is 29.2 Å².